The Morgan fingerprint density at radius 2 is 1.86 bits per heavy atom. The van der Waals surface area contributed by atoms with Crippen LogP contribution in [-0.2, 0) is 4.79 Å². The number of nitrogens with one attached hydrogen (secondary N) is 1. The molecule has 0 aliphatic carbocycles. The minimum atomic E-state index is -0.321. The first-order chi connectivity index (χ1) is 10.1. The summed E-state index contributed by atoms with van der Waals surface area (Å²) in [7, 11) is 0. The Kier molecular flexibility index (Phi) is 6.01. The number of hydrazone groups is 1. The third-order valence-corrected chi connectivity index (χ3v) is 3.43. The Morgan fingerprint density at radius 1 is 1.19 bits per heavy atom. The maximum absolute atomic E-state index is 11.6. The van der Waals surface area contributed by atoms with Crippen molar-refractivity contribution >= 4 is 46.3 Å². The first-order valence-electron chi connectivity index (χ1n) is 6.09. The fourth-order valence-electron chi connectivity index (χ4n) is 1.44. The van der Waals surface area contributed by atoms with Crippen LogP contribution in [0.5, 0.6) is 5.75 Å². The van der Waals surface area contributed by atoms with Gasteiger partial charge in [0, 0.05) is 8.59 Å². The fraction of sp³-hybridized carbons (Fsp3) is 0.0667. The third kappa shape index (κ3) is 5.73. The standard InChI is InChI=1S/C15H12ClIN2O2/c16-12-3-1-11(2-4-12)9-18-19-15(20)10-21-14-7-5-13(17)6-8-14/h1-9H,10H2,(H,19,20). The second kappa shape index (κ2) is 7.99. The topological polar surface area (TPSA) is 50.7 Å². The van der Waals surface area contributed by atoms with E-state index >= 15 is 0 Å². The molecule has 0 fully saturated rings. The number of carbonyl (C=O) groups excluding carboxylic acids is 1. The molecule has 0 saturated carbocycles. The maximum atomic E-state index is 11.6. The molecule has 1 N–H and O–H groups in total. The molecule has 0 aliphatic heterocycles. The minimum absolute atomic E-state index is 0.0848. The lowest BCUT2D eigenvalue weighted by Crippen LogP contribution is -2.24. The highest BCUT2D eigenvalue weighted by Crippen LogP contribution is 2.13. The second-order valence-electron chi connectivity index (χ2n) is 4.09. The van der Waals surface area contributed by atoms with Gasteiger partial charge in [-0.05, 0) is 64.6 Å². The summed E-state index contributed by atoms with van der Waals surface area (Å²) < 4.78 is 6.44. The fourth-order valence-corrected chi connectivity index (χ4v) is 1.93. The number of benzene rings is 2. The lowest BCUT2D eigenvalue weighted by atomic mass is 10.2. The predicted octanol–water partition coefficient (Wildman–Crippen LogP) is 3.47. The molecule has 2 aromatic carbocycles. The number of nitrogens with zero attached hydrogens (tertiary/aromatic N) is 1. The normalized spacial score (nSPS) is 10.6. The van der Waals surface area contributed by atoms with Crippen LogP contribution in [0.3, 0.4) is 0 Å². The molecule has 0 atom stereocenters. The SMILES string of the molecule is O=C(COc1ccc(I)cc1)NN=Cc1ccc(Cl)cc1. The molecule has 0 spiro atoms. The molecule has 6 heteroatoms. The van der Waals surface area contributed by atoms with Gasteiger partial charge < -0.3 is 4.74 Å². The van der Waals surface area contributed by atoms with Gasteiger partial charge in [-0.2, -0.15) is 5.10 Å². The van der Waals surface area contributed by atoms with Crippen LogP contribution >= 0.6 is 34.2 Å². The first kappa shape index (κ1) is 15.8. The van der Waals surface area contributed by atoms with E-state index in [1.165, 1.54) is 0 Å². The van der Waals surface area contributed by atoms with Crippen LogP contribution in [0.4, 0.5) is 0 Å². The van der Waals surface area contributed by atoms with Crippen LogP contribution in [0, 0.1) is 3.57 Å². The van der Waals surface area contributed by atoms with E-state index in [0.29, 0.717) is 10.8 Å². The molecule has 2 rings (SSSR count). The van der Waals surface area contributed by atoms with Crippen molar-refractivity contribution < 1.29 is 9.53 Å². The van der Waals surface area contributed by atoms with Crippen molar-refractivity contribution in [3.63, 3.8) is 0 Å². The van der Waals surface area contributed by atoms with Crippen molar-refractivity contribution in [3.05, 3.63) is 62.7 Å². The van der Waals surface area contributed by atoms with Crippen molar-refractivity contribution in [1.29, 1.82) is 0 Å². The summed E-state index contributed by atoms with van der Waals surface area (Å²) in [4.78, 5) is 11.6. The number of hydrogen-bond donors (Lipinski definition) is 1. The quantitative estimate of drug-likeness (QED) is 0.463. The van der Waals surface area contributed by atoms with Crippen LogP contribution < -0.4 is 10.2 Å². The molecular weight excluding hydrogens is 403 g/mol. The molecule has 0 aliphatic rings. The summed E-state index contributed by atoms with van der Waals surface area (Å²) in [5, 5.41) is 4.50. The Morgan fingerprint density at radius 3 is 2.52 bits per heavy atom. The Balaban J connectivity index is 1.77. The van der Waals surface area contributed by atoms with E-state index in [1.54, 1.807) is 30.5 Å². The molecule has 0 aromatic heterocycles. The molecule has 0 saturated heterocycles. The zero-order valence-electron chi connectivity index (χ0n) is 10.9. The number of halogens is 2. The number of hydrogen-bond acceptors (Lipinski definition) is 3. The summed E-state index contributed by atoms with van der Waals surface area (Å²) in [6, 6.07) is 14.6. The van der Waals surface area contributed by atoms with Gasteiger partial charge in [-0.3, -0.25) is 4.79 Å². The van der Waals surface area contributed by atoms with Crippen molar-refractivity contribution in [2.45, 2.75) is 0 Å². The van der Waals surface area contributed by atoms with Gasteiger partial charge in [0.2, 0.25) is 0 Å². The monoisotopic (exact) mass is 414 g/mol. The number of carbonyl (C=O) groups is 1. The second-order valence-corrected chi connectivity index (χ2v) is 5.77. The number of ether oxygens (including phenoxy) is 1. The van der Waals surface area contributed by atoms with Crippen molar-refractivity contribution in [3.8, 4) is 5.75 Å². The minimum Gasteiger partial charge on any atom is -0.484 e. The van der Waals surface area contributed by atoms with E-state index in [-0.39, 0.29) is 12.5 Å². The van der Waals surface area contributed by atoms with Crippen molar-refractivity contribution in [1.82, 2.24) is 5.43 Å². The summed E-state index contributed by atoms with van der Waals surface area (Å²) in [6.07, 6.45) is 1.54. The molecule has 21 heavy (non-hydrogen) atoms. The third-order valence-electron chi connectivity index (χ3n) is 2.46. The average molecular weight is 415 g/mol. The van der Waals surface area contributed by atoms with Crippen LogP contribution in [0.1, 0.15) is 5.56 Å². The molecule has 0 bridgehead atoms. The largest absolute Gasteiger partial charge is 0.484 e. The van der Waals surface area contributed by atoms with E-state index in [1.807, 2.05) is 24.3 Å². The van der Waals surface area contributed by atoms with E-state index in [0.717, 1.165) is 9.13 Å². The van der Waals surface area contributed by atoms with E-state index in [9.17, 15) is 4.79 Å². The molecule has 2 aromatic rings. The Hall–Kier alpha value is -1.60. The summed E-state index contributed by atoms with van der Waals surface area (Å²) in [5.74, 6) is 0.325. The molecule has 0 unspecified atom stereocenters. The first-order valence-corrected chi connectivity index (χ1v) is 7.55. The Bertz CT molecular complexity index is 627. The maximum Gasteiger partial charge on any atom is 0.277 e. The van der Waals surface area contributed by atoms with E-state index in [4.69, 9.17) is 16.3 Å². The molecule has 1 amide bonds. The molecule has 108 valence electrons. The highest BCUT2D eigenvalue weighted by Gasteiger charge is 2.01. The molecule has 0 heterocycles. The molecule has 4 nitrogen and oxygen atoms in total. The smallest absolute Gasteiger partial charge is 0.277 e. The van der Waals surface area contributed by atoms with Crippen LogP contribution in [0.15, 0.2) is 53.6 Å². The summed E-state index contributed by atoms with van der Waals surface area (Å²) in [5.41, 5.74) is 3.24. The number of rotatable bonds is 5. The van der Waals surface area contributed by atoms with Crippen LogP contribution in [-0.4, -0.2) is 18.7 Å². The summed E-state index contributed by atoms with van der Waals surface area (Å²) >= 11 is 7.98. The number of amides is 1. The molecular formula is C15H12ClIN2O2. The van der Waals surface area contributed by atoms with Gasteiger partial charge in [0.05, 0.1) is 6.21 Å². The average Bonchev–Trinajstić information content (AvgIpc) is 2.49. The van der Waals surface area contributed by atoms with Gasteiger partial charge in [0.25, 0.3) is 5.91 Å². The van der Waals surface area contributed by atoms with Crippen LogP contribution in [0.25, 0.3) is 0 Å². The highest BCUT2D eigenvalue weighted by atomic mass is 127. The lowest BCUT2D eigenvalue weighted by Gasteiger charge is -2.04. The van der Waals surface area contributed by atoms with Gasteiger partial charge in [-0.1, -0.05) is 23.7 Å². The summed E-state index contributed by atoms with van der Waals surface area (Å²) in [6.45, 7) is -0.0848. The van der Waals surface area contributed by atoms with E-state index in [2.05, 4.69) is 33.1 Å². The van der Waals surface area contributed by atoms with Crippen molar-refractivity contribution in [2.75, 3.05) is 6.61 Å². The van der Waals surface area contributed by atoms with Gasteiger partial charge in [0.1, 0.15) is 5.75 Å². The van der Waals surface area contributed by atoms with Gasteiger partial charge >= 0.3 is 0 Å². The lowest BCUT2D eigenvalue weighted by molar-refractivity contribution is -0.123. The predicted molar refractivity (Wildman–Crippen MR) is 91.8 cm³/mol. The van der Waals surface area contributed by atoms with Crippen LogP contribution in [0.2, 0.25) is 5.02 Å². The van der Waals surface area contributed by atoms with E-state index < -0.39 is 0 Å². The van der Waals surface area contributed by atoms with Gasteiger partial charge in [-0.15, -0.1) is 0 Å². The molecule has 0 radical (unpaired) electrons. The Labute approximate surface area is 141 Å². The zero-order chi connectivity index (χ0) is 15.1. The van der Waals surface area contributed by atoms with Gasteiger partial charge in [-0.25, -0.2) is 5.43 Å². The zero-order valence-corrected chi connectivity index (χ0v) is 13.8. The highest BCUT2D eigenvalue weighted by molar-refractivity contribution is 14.1. The van der Waals surface area contributed by atoms with Crippen molar-refractivity contribution in [2.24, 2.45) is 5.10 Å². The van der Waals surface area contributed by atoms with Gasteiger partial charge in [0.15, 0.2) is 6.61 Å².